The minimum atomic E-state index is -0.322. The van der Waals surface area contributed by atoms with Gasteiger partial charge in [-0.15, -0.1) is 0 Å². The number of hydrogen-bond acceptors (Lipinski definition) is 4. The Balaban J connectivity index is 3.02. The minimum absolute atomic E-state index is 0.0706. The summed E-state index contributed by atoms with van der Waals surface area (Å²) in [6, 6.07) is 1.50. The smallest absolute Gasteiger partial charge is 0.223 e. The summed E-state index contributed by atoms with van der Waals surface area (Å²) < 4.78 is 2.05. The Bertz CT molecular complexity index is 511. The van der Waals surface area contributed by atoms with Crippen molar-refractivity contribution in [2.24, 2.45) is 0 Å². The van der Waals surface area contributed by atoms with Crippen molar-refractivity contribution in [2.75, 3.05) is 19.7 Å². The third-order valence-electron chi connectivity index (χ3n) is 4.07. The molecule has 1 aromatic rings. The highest BCUT2D eigenvalue weighted by molar-refractivity contribution is 5.29. The third kappa shape index (κ3) is 5.14. The number of unbranched alkanes of at least 4 members (excludes halogenated alkanes) is 3. The second-order valence-corrected chi connectivity index (χ2v) is 5.75. The summed E-state index contributed by atoms with van der Waals surface area (Å²) in [5.41, 5.74) is 1.23. The van der Waals surface area contributed by atoms with Crippen LogP contribution in [0, 0.1) is 6.92 Å². The first-order chi connectivity index (χ1) is 10.5. The highest BCUT2D eigenvalue weighted by Gasteiger charge is 2.15. The van der Waals surface area contributed by atoms with Crippen LogP contribution in [0.4, 0.5) is 0 Å². The molecule has 0 aliphatic heterocycles. The second kappa shape index (κ2) is 9.64. The molecule has 1 heterocycles. The molecule has 0 bridgehead atoms. The summed E-state index contributed by atoms with van der Waals surface area (Å²) in [4.78, 5) is 13.9. The van der Waals surface area contributed by atoms with Crippen molar-refractivity contribution < 1.29 is 10.2 Å². The van der Waals surface area contributed by atoms with Gasteiger partial charge in [-0.1, -0.05) is 33.1 Å². The maximum Gasteiger partial charge on any atom is 0.223 e. The maximum atomic E-state index is 11.9. The van der Waals surface area contributed by atoms with Crippen molar-refractivity contribution in [2.45, 2.75) is 59.5 Å². The van der Waals surface area contributed by atoms with Gasteiger partial charge in [-0.25, -0.2) is 0 Å². The molecule has 0 radical (unpaired) electrons. The average Bonchev–Trinajstić information content (AvgIpc) is 2.50. The van der Waals surface area contributed by atoms with Crippen molar-refractivity contribution in [3.8, 4) is 5.75 Å². The fraction of sp³-hybridized carbons (Fsp3) is 0.706. The van der Waals surface area contributed by atoms with Gasteiger partial charge in [0.2, 0.25) is 5.43 Å². The van der Waals surface area contributed by atoms with Gasteiger partial charge < -0.3 is 14.8 Å². The van der Waals surface area contributed by atoms with Crippen LogP contribution >= 0.6 is 0 Å². The Morgan fingerprint density at radius 2 is 1.95 bits per heavy atom. The summed E-state index contributed by atoms with van der Waals surface area (Å²) >= 11 is 0. The lowest BCUT2D eigenvalue weighted by molar-refractivity contribution is 0.191. The van der Waals surface area contributed by atoms with E-state index in [1.165, 1.54) is 18.9 Å². The van der Waals surface area contributed by atoms with Crippen LogP contribution in [0.5, 0.6) is 5.75 Å². The molecule has 2 N–H and O–H groups in total. The van der Waals surface area contributed by atoms with Gasteiger partial charge in [0.05, 0.1) is 12.3 Å². The molecule has 0 aromatic carbocycles. The summed E-state index contributed by atoms with van der Waals surface area (Å²) in [6.07, 6.45) is 4.57. The Morgan fingerprint density at radius 3 is 2.55 bits per heavy atom. The van der Waals surface area contributed by atoms with Crippen molar-refractivity contribution in [1.82, 2.24) is 9.47 Å². The van der Waals surface area contributed by atoms with E-state index in [1.54, 1.807) is 0 Å². The normalized spacial score (nSPS) is 11.3. The number of aromatic nitrogens is 1. The van der Waals surface area contributed by atoms with Crippen LogP contribution < -0.4 is 5.43 Å². The number of aliphatic hydroxyl groups excluding tert-OH is 1. The summed E-state index contributed by atoms with van der Waals surface area (Å²) in [6.45, 7) is 8.75. The predicted octanol–water partition coefficient (Wildman–Crippen LogP) is 2.26. The van der Waals surface area contributed by atoms with Gasteiger partial charge in [-0.2, -0.15) is 0 Å². The SMILES string of the molecule is CCCCCCn1c(C)cc(=O)c(O)c1CN(CC)CCO. The third-order valence-corrected chi connectivity index (χ3v) is 4.07. The predicted molar refractivity (Wildman–Crippen MR) is 89.3 cm³/mol. The number of aryl methyl sites for hydroxylation is 1. The van der Waals surface area contributed by atoms with Crippen LogP contribution in [0.2, 0.25) is 0 Å². The molecule has 0 amide bonds. The number of hydrogen-bond donors (Lipinski definition) is 2. The van der Waals surface area contributed by atoms with E-state index in [0.29, 0.717) is 18.8 Å². The molecule has 5 heteroatoms. The van der Waals surface area contributed by atoms with E-state index in [-0.39, 0.29) is 17.8 Å². The van der Waals surface area contributed by atoms with Gasteiger partial charge >= 0.3 is 0 Å². The van der Waals surface area contributed by atoms with E-state index in [9.17, 15) is 9.90 Å². The Kier molecular flexibility index (Phi) is 8.20. The van der Waals surface area contributed by atoms with Crippen molar-refractivity contribution in [3.63, 3.8) is 0 Å². The molecule has 0 aliphatic rings. The molecule has 0 aliphatic carbocycles. The topological polar surface area (TPSA) is 65.7 Å². The van der Waals surface area contributed by atoms with E-state index in [1.807, 2.05) is 23.3 Å². The summed E-state index contributed by atoms with van der Waals surface area (Å²) in [7, 11) is 0. The van der Waals surface area contributed by atoms with Crippen LogP contribution in [-0.4, -0.2) is 39.4 Å². The average molecular weight is 310 g/mol. The highest BCUT2D eigenvalue weighted by Crippen LogP contribution is 2.18. The van der Waals surface area contributed by atoms with Crippen LogP contribution in [0.25, 0.3) is 0 Å². The summed E-state index contributed by atoms with van der Waals surface area (Å²) in [5, 5.41) is 19.3. The van der Waals surface area contributed by atoms with Gasteiger partial charge in [0.25, 0.3) is 0 Å². The first kappa shape index (κ1) is 18.7. The molecule has 126 valence electrons. The van der Waals surface area contributed by atoms with Gasteiger partial charge in [-0.3, -0.25) is 9.69 Å². The number of pyridine rings is 1. The zero-order valence-electron chi connectivity index (χ0n) is 14.1. The summed E-state index contributed by atoms with van der Waals surface area (Å²) in [5.74, 6) is -0.155. The molecule has 22 heavy (non-hydrogen) atoms. The molecular formula is C17H30N2O3. The molecule has 0 fully saturated rings. The lowest BCUT2D eigenvalue weighted by Crippen LogP contribution is -2.29. The fourth-order valence-electron chi connectivity index (χ4n) is 2.69. The van der Waals surface area contributed by atoms with Gasteiger partial charge in [0.15, 0.2) is 5.75 Å². The molecule has 0 saturated heterocycles. The number of likely N-dealkylation sites (N-methyl/N-ethyl adjacent to an activating group) is 1. The quantitative estimate of drug-likeness (QED) is 0.651. The Morgan fingerprint density at radius 1 is 1.23 bits per heavy atom. The van der Waals surface area contributed by atoms with E-state index < -0.39 is 0 Å². The maximum absolute atomic E-state index is 11.9. The van der Waals surface area contributed by atoms with Gasteiger partial charge in [0, 0.05) is 31.4 Å². The van der Waals surface area contributed by atoms with E-state index in [2.05, 4.69) is 6.92 Å². The van der Waals surface area contributed by atoms with Crippen molar-refractivity contribution in [3.05, 3.63) is 27.7 Å². The molecule has 0 spiro atoms. The number of aliphatic hydroxyl groups is 1. The Hall–Kier alpha value is -1.33. The van der Waals surface area contributed by atoms with Crippen molar-refractivity contribution in [1.29, 1.82) is 0 Å². The van der Waals surface area contributed by atoms with Crippen molar-refractivity contribution >= 4 is 0 Å². The zero-order chi connectivity index (χ0) is 16.5. The number of aromatic hydroxyl groups is 1. The number of nitrogens with zero attached hydrogens (tertiary/aromatic N) is 2. The van der Waals surface area contributed by atoms with Gasteiger partial charge in [-0.05, 0) is 19.9 Å². The highest BCUT2D eigenvalue weighted by atomic mass is 16.3. The van der Waals surface area contributed by atoms with Gasteiger partial charge in [0.1, 0.15) is 0 Å². The second-order valence-electron chi connectivity index (χ2n) is 5.75. The number of rotatable bonds is 10. The van der Waals surface area contributed by atoms with Crippen LogP contribution in [0.3, 0.4) is 0 Å². The first-order valence-electron chi connectivity index (χ1n) is 8.30. The monoisotopic (exact) mass is 310 g/mol. The van der Waals surface area contributed by atoms with Crippen LogP contribution in [0.15, 0.2) is 10.9 Å². The van der Waals surface area contributed by atoms with Crippen LogP contribution in [-0.2, 0) is 13.1 Å². The first-order valence-corrected chi connectivity index (χ1v) is 8.30. The fourth-order valence-corrected chi connectivity index (χ4v) is 2.69. The molecular weight excluding hydrogens is 280 g/mol. The lowest BCUT2D eigenvalue weighted by Gasteiger charge is -2.24. The lowest BCUT2D eigenvalue weighted by atomic mass is 10.1. The molecule has 0 saturated carbocycles. The van der Waals surface area contributed by atoms with E-state index >= 15 is 0 Å². The largest absolute Gasteiger partial charge is 0.503 e. The van der Waals surface area contributed by atoms with E-state index in [0.717, 1.165) is 31.6 Å². The van der Waals surface area contributed by atoms with Crippen LogP contribution in [0.1, 0.15) is 50.9 Å². The Labute approximate surface area is 133 Å². The molecule has 5 nitrogen and oxygen atoms in total. The van der Waals surface area contributed by atoms with E-state index in [4.69, 9.17) is 5.11 Å². The molecule has 0 unspecified atom stereocenters. The molecule has 0 atom stereocenters. The molecule has 1 aromatic heterocycles. The molecule has 1 rings (SSSR count). The zero-order valence-corrected chi connectivity index (χ0v) is 14.1. The standard InChI is InChI=1S/C17H30N2O3/c1-4-6-7-8-9-19-14(3)12-16(21)17(22)15(19)13-18(5-2)10-11-20/h12,20,22H,4-11,13H2,1-3H3. The minimum Gasteiger partial charge on any atom is -0.503 e.